The number of benzene rings is 1. The summed E-state index contributed by atoms with van der Waals surface area (Å²) in [6.45, 7) is 7.77. The monoisotopic (exact) mass is 328 g/mol. The van der Waals surface area contributed by atoms with Gasteiger partial charge in [0.2, 0.25) is 0 Å². The van der Waals surface area contributed by atoms with E-state index in [1.807, 2.05) is 7.05 Å². The van der Waals surface area contributed by atoms with Crippen LogP contribution < -0.4 is 10.6 Å². The summed E-state index contributed by atoms with van der Waals surface area (Å²) in [5.41, 5.74) is 2.69. The van der Waals surface area contributed by atoms with Crippen LogP contribution in [0.5, 0.6) is 0 Å². The molecule has 1 aromatic carbocycles. The molecule has 1 saturated carbocycles. The molecule has 1 aliphatic heterocycles. The normalized spacial score (nSPS) is 21.5. The van der Waals surface area contributed by atoms with E-state index in [4.69, 9.17) is 0 Å². The average molecular weight is 329 g/mol. The number of guanidine groups is 1. The van der Waals surface area contributed by atoms with Crippen molar-refractivity contribution in [3.05, 3.63) is 35.4 Å². The molecule has 0 aromatic heterocycles. The van der Waals surface area contributed by atoms with Crippen molar-refractivity contribution in [2.45, 2.75) is 57.5 Å². The largest absolute Gasteiger partial charge is 0.356 e. The molecule has 4 heteroatoms. The fourth-order valence-electron chi connectivity index (χ4n) is 3.50. The minimum atomic E-state index is 0.473. The fraction of sp³-hybridized carbons (Fsp3) is 0.650. The van der Waals surface area contributed by atoms with Crippen molar-refractivity contribution in [3.8, 4) is 0 Å². The van der Waals surface area contributed by atoms with E-state index in [2.05, 4.69) is 58.6 Å². The van der Waals surface area contributed by atoms with E-state index in [9.17, 15) is 0 Å². The summed E-state index contributed by atoms with van der Waals surface area (Å²) in [5.74, 6) is 1.42. The molecule has 2 aliphatic rings. The van der Waals surface area contributed by atoms with Gasteiger partial charge in [0, 0.05) is 38.8 Å². The molecule has 24 heavy (non-hydrogen) atoms. The number of hydrogen-bond acceptors (Lipinski definition) is 2. The Morgan fingerprint density at radius 1 is 1.17 bits per heavy atom. The van der Waals surface area contributed by atoms with Gasteiger partial charge in [0.25, 0.3) is 0 Å². The minimum absolute atomic E-state index is 0.473. The van der Waals surface area contributed by atoms with E-state index in [0.717, 1.165) is 18.5 Å². The predicted molar refractivity (Wildman–Crippen MR) is 102 cm³/mol. The molecule has 2 fully saturated rings. The Morgan fingerprint density at radius 2 is 1.83 bits per heavy atom. The predicted octanol–water partition coefficient (Wildman–Crippen LogP) is 2.89. The van der Waals surface area contributed by atoms with E-state index in [-0.39, 0.29) is 0 Å². The Kier molecular flexibility index (Phi) is 5.77. The number of nitrogens with one attached hydrogen (secondary N) is 2. The third-order valence-corrected chi connectivity index (χ3v) is 5.38. The Morgan fingerprint density at radius 3 is 2.42 bits per heavy atom. The molecule has 1 atom stereocenters. The van der Waals surface area contributed by atoms with Gasteiger partial charge in [-0.05, 0) is 44.1 Å². The van der Waals surface area contributed by atoms with E-state index in [0.29, 0.717) is 12.0 Å². The molecule has 1 heterocycles. The van der Waals surface area contributed by atoms with Crippen LogP contribution in [0.15, 0.2) is 29.3 Å². The first kappa shape index (κ1) is 17.3. The summed E-state index contributed by atoms with van der Waals surface area (Å²) in [6, 6.07) is 10.3. The standard InChI is InChI=1S/C20H32N4/c1-15-4-6-17(7-5-15)16(2)14-22-20(21-3)23-18-10-12-24(13-11-18)19-8-9-19/h4-7,16,18-19H,8-14H2,1-3H3,(H2,21,22,23). The van der Waals surface area contributed by atoms with Crippen molar-refractivity contribution in [1.29, 1.82) is 0 Å². The summed E-state index contributed by atoms with van der Waals surface area (Å²) in [5, 5.41) is 7.11. The number of aliphatic imine (C=N–C) groups is 1. The molecule has 4 nitrogen and oxygen atoms in total. The van der Waals surface area contributed by atoms with E-state index >= 15 is 0 Å². The molecule has 1 aromatic rings. The lowest BCUT2D eigenvalue weighted by Gasteiger charge is -2.33. The summed E-state index contributed by atoms with van der Waals surface area (Å²) < 4.78 is 0. The number of likely N-dealkylation sites (tertiary alicyclic amines) is 1. The van der Waals surface area contributed by atoms with Gasteiger partial charge in [-0.25, -0.2) is 0 Å². The van der Waals surface area contributed by atoms with Gasteiger partial charge in [0.05, 0.1) is 0 Å². The first-order valence-corrected chi connectivity index (χ1v) is 9.43. The second-order valence-electron chi connectivity index (χ2n) is 7.45. The lowest BCUT2D eigenvalue weighted by molar-refractivity contribution is 0.197. The van der Waals surface area contributed by atoms with Gasteiger partial charge in [-0.1, -0.05) is 36.8 Å². The van der Waals surface area contributed by atoms with Crippen molar-refractivity contribution in [2.24, 2.45) is 4.99 Å². The van der Waals surface area contributed by atoms with E-state index in [1.165, 1.54) is 49.9 Å². The second-order valence-corrected chi connectivity index (χ2v) is 7.45. The third kappa shape index (κ3) is 4.73. The minimum Gasteiger partial charge on any atom is -0.356 e. The summed E-state index contributed by atoms with van der Waals surface area (Å²) in [4.78, 5) is 7.07. The van der Waals surface area contributed by atoms with Crippen LogP contribution in [0.3, 0.4) is 0 Å². The van der Waals surface area contributed by atoms with Crippen molar-refractivity contribution in [3.63, 3.8) is 0 Å². The number of rotatable bonds is 5. The molecule has 1 unspecified atom stereocenters. The molecule has 132 valence electrons. The zero-order chi connectivity index (χ0) is 16.9. The lowest BCUT2D eigenvalue weighted by atomic mass is 10.00. The van der Waals surface area contributed by atoms with Crippen molar-refractivity contribution in [1.82, 2.24) is 15.5 Å². The topological polar surface area (TPSA) is 39.7 Å². The number of aryl methyl sites for hydroxylation is 1. The van der Waals surface area contributed by atoms with Gasteiger partial charge >= 0.3 is 0 Å². The molecule has 2 N–H and O–H groups in total. The maximum absolute atomic E-state index is 4.41. The molecule has 1 aliphatic carbocycles. The zero-order valence-corrected chi connectivity index (χ0v) is 15.4. The van der Waals surface area contributed by atoms with Crippen molar-refractivity contribution < 1.29 is 0 Å². The van der Waals surface area contributed by atoms with Crippen LogP contribution in [0.4, 0.5) is 0 Å². The molecular formula is C20H32N4. The highest BCUT2D eigenvalue weighted by Gasteiger charge is 2.31. The van der Waals surface area contributed by atoms with Crippen LogP contribution in [-0.4, -0.2) is 49.6 Å². The maximum atomic E-state index is 4.41. The highest BCUT2D eigenvalue weighted by Crippen LogP contribution is 2.29. The SMILES string of the molecule is CN=C(NCC(C)c1ccc(C)cc1)NC1CCN(C2CC2)CC1. The molecule has 0 bridgehead atoms. The zero-order valence-electron chi connectivity index (χ0n) is 15.4. The second kappa shape index (κ2) is 8.02. The molecule has 0 spiro atoms. The Balaban J connectivity index is 1.42. The molecule has 1 saturated heterocycles. The number of piperidine rings is 1. The summed E-state index contributed by atoms with van der Waals surface area (Å²) >= 11 is 0. The van der Waals surface area contributed by atoms with E-state index < -0.39 is 0 Å². The van der Waals surface area contributed by atoms with Gasteiger partial charge in [-0.2, -0.15) is 0 Å². The van der Waals surface area contributed by atoms with Gasteiger partial charge in [-0.3, -0.25) is 4.99 Å². The van der Waals surface area contributed by atoms with Gasteiger partial charge in [0.1, 0.15) is 0 Å². The van der Waals surface area contributed by atoms with Crippen molar-refractivity contribution >= 4 is 5.96 Å². The Labute approximate surface area is 146 Å². The number of nitrogens with zero attached hydrogens (tertiary/aromatic N) is 2. The van der Waals surface area contributed by atoms with Gasteiger partial charge < -0.3 is 15.5 Å². The van der Waals surface area contributed by atoms with Gasteiger partial charge in [0.15, 0.2) is 5.96 Å². The average Bonchev–Trinajstić information content (AvgIpc) is 3.44. The molecule has 0 amide bonds. The van der Waals surface area contributed by atoms with Crippen molar-refractivity contribution in [2.75, 3.05) is 26.7 Å². The van der Waals surface area contributed by atoms with Crippen LogP contribution in [0.25, 0.3) is 0 Å². The smallest absolute Gasteiger partial charge is 0.191 e. The quantitative estimate of drug-likeness (QED) is 0.645. The van der Waals surface area contributed by atoms with Crippen LogP contribution >= 0.6 is 0 Å². The highest BCUT2D eigenvalue weighted by molar-refractivity contribution is 5.80. The first-order valence-electron chi connectivity index (χ1n) is 9.43. The molecule has 0 radical (unpaired) electrons. The molecular weight excluding hydrogens is 296 g/mol. The summed E-state index contributed by atoms with van der Waals surface area (Å²) in [6.07, 6.45) is 5.28. The van der Waals surface area contributed by atoms with Gasteiger partial charge in [-0.15, -0.1) is 0 Å². The maximum Gasteiger partial charge on any atom is 0.191 e. The lowest BCUT2D eigenvalue weighted by Crippen LogP contribution is -2.49. The third-order valence-electron chi connectivity index (χ3n) is 5.38. The highest BCUT2D eigenvalue weighted by atomic mass is 15.2. The summed E-state index contributed by atoms with van der Waals surface area (Å²) in [7, 11) is 1.87. The number of hydrogen-bond donors (Lipinski definition) is 2. The Bertz CT molecular complexity index is 539. The first-order chi connectivity index (χ1) is 11.7. The Hall–Kier alpha value is -1.55. The fourth-order valence-corrected chi connectivity index (χ4v) is 3.50. The van der Waals surface area contributed by atoms with Crippen LogP contribution in [0.2, 0.25) is 0 Å². The van der Waals surface area contributed by atoms with Crippen LogP contribution in [-0.2, 0) is 0 Å². The van der Waals surface area contributed by atoms with E-state index in [1.54, 1.807) is 0 Å². The van der Waals surface area contributed by atoms with Crippen LogP contribution in [0, 0.1) is 6.92 Å². The van der Waals surface area contributed by atoms with Crippen LogP contribution in [0.1, 0.15) is 49.7 Å². The molecule has 3 rings (SSSR count).